The van der Waals surface area contributed by atoms with E-state index in [1.807, 2.05) is 25.7 Å². The van der Waals surface area contributed by atoms with Crippen molar-refractivity contribution in [2.75, 3.05) is 6.54 Å². The van der Waals surface area contributed by atoms with E-state index in [1.54, 1.807) is 5.57 Å². The standard InChI is InChI=1S/C21H31NO2/c1-5-15-6-8-16(9-7-15)12-17-10-11-19-13-18(17)14-22(19)20(23)24-21(2,3)4/h1,12,15-16,18-19H,6-11,13-14H2,2-4H3/b17-12-. The number of fused-ring (bicyclic) bond motifs is 2. The lowest BCUT2D eigenvalue weighted by atomic mass is 9.78. The van der Waals surface area contributed by atoms with Gasteiger partial charge >= 0.3 is 6.09 Å². The average Bonchev–Trinajstić information content (AvgIpc) is 2.87. The zero-order valence-electron chi connectivity index (χ0n) is 15.4. The van der Waals surface area contributed by atoms with Gasteiger partial charge in [0.25, 0.3) is 0 Å². The highest BCUT2D eigenvalue weighted by Crippen LogP contribution is 2.41. The Balaban J connectivity index is 1.60. The highest BCUT2D eigenvalue weighted by Gasteiger charge is 2.41. The summed E-state index contributed by atoms with van der Waals surface area (Å²) in [7, 11) is 0. The Morgan fingerprint density at radius 2 is 1.96 bits per heavy atom. The molecule has 3 rings (SSSR count). The van der Waals surface area contributed by atoms with E-state index in [0.29, 0.717) is 23.8 Å². The number of ether oxygens (including phenoxy) is 1. The summed E-state index contributed by atoms with van der Waals surface area (Å²) in [5, 5.41) is 0. The molecule has 3 nitrogen and oxygen atoms in total. The first kappa shape index (κ1) is 17.4. The molecule has 1 saturated heterocycles. The zero-order valence-corrected chi connectivity index (χ0v) is 15.4. The number of hydrogen-bond acceptors (Lipinski definition) is 2. The van der Waals surface area contributed by atoms with Gasteiger partial charge in [0.05, 0.1) is 0 Å². The van der Waals surface area contributed by atoms with Crippen LogP contribution in [0.15, 0.2) is 11.6 Å². The van der Waals surface area contributed by atoms with Crippen LogP contribution in [0.1, 0.15) is 65.7 Å². The van der Waals surface area contributed by atoms with E-state index in [1.165, 1.54) is 25.7 Å². The molecule has 0 aromatic carbocycles. The molecule has 2 saturated carbocycles. The number of hydrogen-bond donors (Lipinski definition) is 0. The molecule has 1 amide bonds. The first-order chi connectivity index (χ1) is 11.4. The number of carbonyl (C=O) groups excluding carboxylic acids is 1. The Bertz CT molecular complexity index is 543. The molecule has 1 heterocycles. The molecule has 132 valence electrons. The minimum absolute atomic E-state index is 0.134. The van der Waals surface area contributed by atoms with E-state index < -0.39 is 5.60 Å². The second-order valence-corrected chi connectivity index (χ2v) is 8.78. The van der Waals surface area contributed by atoms with E-state index in [9.17, 15) is 4.79 Å². The molecular formula is C21H31NO2. The van der Waals surface area contributed by atoms with Crippen LogP contribution in [-0.4, -0.2) is 29.2 Å². The summed E-state index contributed by atoms with van der Waals surface area (Å²) >= 11 is 0. The average molecular weight is 329 g/mol. The van der Waals surface area contributed by atoms with Crippen LogP contribution in [0.25, 0.3) is 0 Å². The normalized spacial score (nSPS) is 34.9. The summed E-state index contributed by atoms with van der Waals surface area (Å²) in [6, 6.07) is 0.374. The predicted molar refractivity (Wildman–Crippen MR) is 96.4 cm³/mol. The lowest BCUT2D eigenvalue weighted by Crippen LogP contribution is -2.39. The fourth-order valence-corrected chi connectivity index (χ4v) is 4.52. The van der Waals surface area contributed by atoms with Gasteiger partial charge in [-0.1, -0.05) is 11.6 Å². The highest BCUT2D eigenvalue weighted by molar-refractivity contribution is 5.69. The van der Waals surface area contributed by atoms with Gasteiger partial charge in [-0.25, -0.2) is 4.79 Å². The first-order valence-electron chi connectivity index (χ1n) is 9.52. The number of allylic oxidation sites excluding steroid dienone is 1. The number of terminal acetylenes is 1. The van der Waals surface area contributed by atoms with Gasteiger partial charge < -0.3 is 9.64 Å². The van der Waals surface area contributed by atoms with Crippen molar-refractivity contribution < 1.29 is 9.53 Å². The molecule has 0 spiro atoms. The Kier molecular flexibility index (Phi) is 4.95. The van der Waals surface area contributed by atoms with Crippen LogP contribution in [-0.2, 0) is 4.74 Å². The molecular weight excluding hydrogens is 298 g/mol. The maximum absolute atomic E-state index is 12.4. The fraction of sp³-hybridized carbons (Fsp3) is 0.762. The van der Waals surface area contributed by atoms with Gasteiger partial charge in [0, 0.05) is 18.5 Å². The van der Waals surface area contributed by atoms with Gasteiger partial charge in [0.2, 0.25) is 0 Å². The molecule has 3 fully saturated rings. The Morgan fingerprint density at radius 3 is 2.58 bits per heavy atom. The number of rotatable bonds is 1. The molecule has 3 heteroatoms. The summed E-state index contributed by atoms with van der Waals surface area (Å²) < 4.78 is 5.59. The molecule has 2 unspecified atom stereocenters. The molecule has 0 radical (unpaired) electrons. The SMILES string of the molecule is C#CC1CCC(/C=C2/CCC3CC2CN3C(=O)OC(C)(C)C)CC1. The number of carbonyl (C=O) groups is 1. The Morgan fingerprint density at radius 1 is 1.25 bits per heavy atom. The summed E-state index contributed by atoms with van der Waals surface area (Å²) in [5.74, 6) is 4.64. The molecule has 3 aliphatic rings. The first-order valence-corrected chi connectivity index (χ1v) is 9.52. The third kappa shape index (κ3) is 3.97. The second kappa shape index (κ2) is 6.82. The molecule has 0 N–H and O–H groups in total. The van der Waals surface area contributed by atoms with Crippen LogP contribution in [0, 0.1) is 30.1 Å². The Hall–Kier alpha value is -1.43. The van der Waals surface area contributed by atoms with Crippen molar-refractivity contribution in [3.8, 4) is 12.3 Å². The van der Waals surface area contributed by atoms with Crippen molar-refractivity contribution in [1.82, 2.24) is 4.90 Å². The van der Waals surface area contributed by atoms with Crippen molar-refractivity contribution in [1.29, 1.82) is 0 Å². The molecule has 2 aliphatic carbocycles. The minimum atomic E-state index is -0.415. The number of amides is 1. The van der Waals surface area contributed by atoms with Gasteiger partial charge in [-0.05, 0) is 77.6 Å². The van der Waals surface area contributed by atoms with Crippen LogP contribution in [0.5, 0.6) is 0 Å². The van der Waals surface area contributed by atoms with E-state index in [2.05, 4.69) is 12.0 Å². The summed E-state index contributed by atoms with van der Waals surface area (Å²) in [4.78, 5) is 14.4. The highest BCUT2D eigenvalue weighted by atomic mass is 16.6. The monoisotopic (exact) mass is 329 g/mol. The lowest BCUT2D eigenvalue weighted by Gasteiger charge is -2.29. The van der Waals surface area contributed by atoms with Crippen LogP contribution >= 0.6 is 0 Å². The van der Waals surface area contributed by atoms with Crippen LogP contribution in [0.3, 0.4) is 0 Å². The van der Waals surface area contributed by atoms with Gasteiger partial charge in [-0.15, -0.1) is 12.3 Å². The molecule has 0 aromatic heterocycles. The van der Waals surface area contributed by atoms with Crippen molar-refractivity contribution in [3.05, 3.63) is 11.6 Å². The maximum Gasteiger partial charge on any atom is 0.410 e. The van der Waals surface area contributed by atoms with Crippen molar-refractivity contribution in [2.45, 2.75) is 77.4 Å². The lowest BCUT2D eigenvalue weighted by molar-refractivity contribution is 0.0223. The van der Waals surface area contributed by atoms with Crippen molar-refractivity contribution in [2.24, 2.45) is 17.8 Å². The quantitative estimate of drug-likeness (QED) is 0.512. The summed E-state index contributed by atoms with van der Waals surface area (Å²) in [6.45, 7) is 6.64. The van der Waals surface area contributed by atoms with E-state index in [0.717, 1.165) is 25.8 Å². The van der Waals surface area contributed by atoms with Crippen molar-refractivity contribution in [3.63, 3.8) is 0 Å². The number of nitrogens with zero attached hydrogens (tertiary/aromatic N) is 1. The van der Waals surface area contributed by atoms with Gasteiger partial charge in [-0.3, -0.25) is 0 Å². The molecule has 0 aromatic rings. The Labute approximate surface area is 146 Å². The minimum Gasteiger partial charge on any atom is -0.444 e. The third-order valence-electron chi connectivity index (χ3n) is 5.79. The second-order valence-electron chi connectivity index (χ2n) is 8.78. The predicted octanol–water partition coefficient (Wildman–Crippen LogP) is 4.77. The topological polar surface area (TPSA) is 29.5 Å². The molecule has 2 bridgehead atoms. The summed E-state index contributed by atoms with van der Waals surface area (Å²) in [5.41, 5.74) is 1.17. The third-order valence-corrected chi connectivity index (χ3v) is 5.79. The number of likely N-dealkylation sites (tertiary alicyclic amines) is 1. The van der Waals surface area contributed by atoms with Gasteiger partial charge in [0.1, 0.15) is 5.60 Å². The van der Waals surface area contributed by atoms with Crippen molar-refractivity contribution >= 4 is 6.09 Å². The van der Waals surface area contributed by atoms with E-state index in [-0.39, 0.29) is 6.09 Å². The van der Waals surface area contributed by atoms with Gasteiger partial charge in [-0.2, -0.15) is 0 Å². The molecule has 24 heavy (non-hydrogen) atoms. The largest absolute Gasteiger partial charge is 0.444 e. The van der Waals surface area contributed by atoms with E-state index in [4.69, 9.17) is 11.2 Å². The van der Waals surface area contributed by atoms with Crippen LogP contribution in [0.2, 0.25) is 0 Å². The molecule has 2 atom stereocenters. The van der Waals surface area contributed by atoms with Crippen LogP contribution < -0.4 is 0 Å². The zero-order chi connectivity index (χ0) is 17.3. The van der Waals surface area contributed by atoms with E-state index >= 15 is 0 Å². The smallest absolute Gasteiger partial charge is 0.410 e. The van der Waals surface area contributed by atoms with Gasteiger partial charge in [0.15, 0.2) is 0 Å². The fourth-order valence-electron chi connectivity index (χ4n) is 4.52. The summed E-state index contributed by atoms with van der Waals surface area (Å²) in [6.07, 6.45) is 16.1. The maximum atomic E-state index is 12.4. The van der Waals surface area contributed by atoms with Crippen LogP contribution in [0.4, 0.5) is 4.79 Å². The molecule has 1 aliphatic heterocycles.